The largest absolute Gasteiger partial charge is 0.492 e. The van der Waals surface area contributed by atoms with Crippen LogP contribution in [0.15, 0.2) is 36.9 Å². The molecule has 0 aliphatic heterocycles. The third-order valence-electron chi connectivity index (χ3n) is 2.57. The van der Waals surface area contributed by atoms with E-state index in [4.69, 9.17) is 15.2 Å². The second-order valence-corrected chi connectivity index (χ2v) is 4.24. The van der Waals surface area contributed by atoms with Crippen LogP contribution in [0.4, 0.5) is 5.69 Å². The molecule has 0 spiro atoms. The molecule has 0 aliphatic rings. The number of hydrogen-bond donors (Lipinski definition) is 2. The van der Waals surface area contributed by atoms with E-state index in [-0.39, 0.29) is 18.3 Å². The summed E-state index contributed by atoms with van der Waals surface area (Å²) < 4.78 is 10.7. The average Bonchev–Trinajstić information content (AvgIpc) is 2.46. The molecule has 0 saturated carbocycles. The topological polar surface area (TPSA) is 73.6 Å². The number of amides is 1. The van der Waals surface area contributed by atoms with Gasteiger partial charge >= 0.3 is 0 Å². The molecular weight excluding hydrogens is 292 g/mol. The zero-order valence-corrected chi connectivity index (χ0v) is 13.0. The maximum Gasteiger partial charge on any atom is 0.253 e. The number of halogens is 1. The molecule has 1 rings (SSSR count). The summed E-state index contributed by atoms with van der Waals surface area (Å²) in [5.41, 5.74) is 6.06. The van der Waals surface area contributed by atoms with Crippen molar-refractivity contribution in [1.29, 1.82) is 0 Å². The van der Waals surface area contributed by atoms with Gasteiger partial charge in [0.15, 0.2) is 0 Å². The van der Waals surface area contributed by atoms with E-state index in [1.165, 1.54) is 0 Å². The van der Waals surface area contributed by atoms with Crippen LogP contribution in [-0.2, 0) is 9.53 Å². The predicted molar refractivity (Wildman–Crippen MR) is 87.1 cm³/mol. The molecule has 0 saturated heterocycles. The Bertz CT molecular complexity index is 423. The number of ether oxygens (including phenoxy) is 2. The van der Waals surface area contributed by atoms with Gasteiger partial charge in [-0.25, -0.2) is 0 Å². The third kappa shape index (κ3) is 7.70. The Labute approximate surface area is 131 Å². The molecule has 0 fully saturated rings. The first-order chi connectivity index (χ1) is 9.67. The van der Waals surface area contributed by atoms with Crippen molar-refractivity contribution in [3.63, 3.8) is 0 Å². The lowest BCUT2D eigenvalue weighted by Crippen LogP contribution is -2.27. The second kappa shape index (κ2) is 11.1. The molecule has 0 bridgehead atoms. The van der Waals surface area contributed by atoms with Crippen molar-refractivity contribution in [1.82, 2.24) is 0 Å². The van der Waals surface area contributed by atoms with Crippen molar-refractivity contribution in [2.45, 2.75) is 19.4 Å². The van der Waals surface area contributed by atoms with Gasteiger partial charge in [-0.05, 0) is 37.6 Å². The van der Waals surface area contributed by atoms with Gasteiger partial charge in [-0.3, -0.25) is 4.79 Å². The smallest absolute Gasteiger partial charge is 0.253 e. The molecule has 6 heteroatoms. The first-order valence-electron chi connectivity index (χ1n) is 6.63. The SMILES string of the molecule is C=CCCOC(C)C(=O)Nc1ccc(OCCN)cc1.Cl. The van der Waals surface area contributed by atoms with Crippen LogP contribution in [-0.4, -0.2) is 31.8 Å². The van der Waals surface area contributed by atoms with E-state index >= 15 is 0 Å². The van der Waals surface area contributed by atoms with Crippen molar-refractivity contribution in [2.75, 3.05) is 25.1 Å². The van der Waals surface area contributed by atoms with E-state index in [1.54, 1.807) is 37.3 Å². The molecule has 1 aromatic carbocycles. The zero-order chi connectivity index (χ0) is 14.8. The van der Waals surface area contributed by atoms with Crippen LogP contribution in [0.25, 0.3) is 0 Å². The number of anilines is 1. The minimum absolute atomic E-state index is 0. The molecule has 118 valence electrons. The summed E-state index contributed by atoms with van der Waals surface area (Å²) in [6, 6.07) is 7.13. The van der Waals surface area contributed by atoms with Crippen molar-refractivity contribution in [3.8, 4) is 5.75 Å². The maximum atomic E-state index is 11.9. The number of carbonyl (C=O) groups excluding carboxylic acids is 1. The van der Waals surface area contributed by atoms with E-state index in [9.17, 15) is 4.79 Å². The summed E-state index contributed by atoms with van der Waals surface area (Å²) in [6.45, 7) is 6.75. The molecular formula is C15H23ClN2O3. The van der Waals surface area contributed by atoms with Crippen molar-refractivity contribution in [3.05, 3.63) is 36.9 Å². The van der Waals surface area contributed by atoms with E-state index in [0.29, 0.717) is 25.4 Å². The fourth-order valence-electron chi connectivity index (χ4n) is 1.46. The Hall–Kier alpha value is -1.56. The van der Waals surface area contributed by atoms with Crippen molar-refractivity contribution >= 4 is 24.0 Å². The van der Waals surface area contributed by atoms with Gasteiger partial charge in [-0.15, -0.1) is 19.0 Å². The molecule has 3 N–H and O–H groups in total. The van der Waals surface area contributed by atoms with Crippen LogP contribution in [0.5, 0.6) is 5.75 Å². The first-order valence-corrected chi connectivity index (χ1v) is 6.63. The molecule has 0 heterocycles. The Balaban J connectivity index is 0.00000400. The summed E-state index contributed by atoms with van der Waals surface area (Å²) >= 11 is 0. The van der Waals surface area contributed by atoms with Gasteiger partial charge < -0.3 is 20.5 Å². The summed E-state index contributed by atoms with van der Waals surface area (Å²) in [4.78, 5) is 11.9. The lowest BCUT2D eigenvalue weighted by atomic mass is 10.3. The van der Waals surface area contributed by atoms with Gasteiger partial charge in [0, 0.05) is 12.2 Å². The minimum Gasteiger partial charge on any atom is -0.492 e. The molecule has 21 heavy (non-hydrogen) atoms. The van der Waals surface area contributed by atoms with Gasteiger partial charge in [-0.1, -0.05) is 6.08 Å². The Morgan fingerprint density at radius 1 is 1.38 bits per heavy atom. The van der Waals surface area contributed by atoms with Gasteiger partial charge in [0.1, 0.15) is 18.5 Å². The van der Waals surface area contributed by atoms with Crippen molar-refractivity contribution < 1.29 is 14.3 Å². The fraction of sp³-hybridized carbons (Fsp3) is 0.400. The summed E-state index contributed by atoms with van der Waals surface area (Å²) in [5.74, 6) is 0.549. The van der Waals surface area contributed by atoms with Crippen LogP contribution in [0, 0.1) is 0 Å². The number of carbonyl (C=O) groups is 1. The van der Waals surface area contributed by atoms with Crippen LogP contribution in [0.3, 0.4) is 0 Å². The highest BCUT2D eigenvalue weighted by Gasteiger charge is 2.12. The van der Waals surface area contributed by atoms with Crippen LogP contribution >= 0.6 is 12.4 Å². The molecule has 0 aromatic heterocycles. The van der Waals surface area contributed by atoms with E-state index in [0.717, 1.165) is 12.2 Å². The Morgan fingerprint density at radius 2 is 2.05 bits per heavy atom. The highest BCUT2D eigenvalue weighted by molar-refractivity contribution is 5.93. The standard InChI is InChI=1S/C15H22N2O3.ClH/c1-3-4-10-19-12(2)15(18)17-13-5-7-14(8-6-13)20-11-9-16;/h3,5-8,12H,1,4,9-11,16H2,2H3,(H,17,18);1H. The summed E-state index contributed by atoms with van der Waals surface area (Å²) in [7, 11) is 0. The van der Waals surface area contributed by atoms with E-state index in [2.05, 4.69) is 11.9 Å². The number of nitrogens with two attached hydrogens (primary N) is 1. The van der Waals surface area contributed by atoms with Crippen molar-refractivity contribution in [2.24, 2.45) is 5.73 Å². The quantitative estimate of drug-likeness (QED) is 0.542. The minimum atomic E-state index is -0.497. The first kappa shape index (κ1) is 19.4. The molecule has 5 nitrogen and oxygen atoms in total. The average molecular weight is 315 g/mol. The highest BCUT2D eigenvalue weighted by atomic mass is 35.5. The van der Waals surface area contributed by atoms with Crippen LogP contribution in [0.2, 0.25) is 0 Å². The molecule has 0 aliphatic carbocycles. The Kier molecular flexibility index (Phi) is 10.3. The molecule has 0 radical (unpaired) electrons. The highest BCUT2D eigenvalue weighted by Crippen LogP contribution is 2.15. The number of benzene rings is 1. The van der Waals surface area contributed by atoms with E-state index < -0.39 is 6.10 Å². The molecule has 1 amide bonds. The lowest BCUT2D eigenvalue weighted by Gasteiger charge is -2.13. The third-order valence-corrected chi connectivity index (χ3v) is 2.57. The summed E-state index contributed by atoms with van der Waals surface area (Å²) in [5, 5.41) is 2.78. The van der Waals surface area contributed by atoms with Crippen LogP contribution < -0.4 is 15.8 Å². The molecule has 1 unspecified atom stereocenters. The Morgan fingerprint density at radius 3 is 2.62 bits per heavy atom. The predicted octanol–water partition coefficient (Wildman–Crippen LogP) is 2.37. The van der Waals surface area contributed by atoms with E-state index in [1.807, 2.05) is 0 Å². The lowest BCUT2D eigenvalue weighted by molar-refractivity contribution is -0.126. The fourth-order valence-corrected chi connectivity index (χ4v) is 1.46. The second-order valence-electron chi connectivity index (χ2n) is 4.24. The van der Waals surface area contributed by atoms with Gasteiger partial charge in [-0.2, -0.15) is 0 Å². The zero-order valence-electron chi connectivity index (χ0n) is 12.2. The number of nitrogens with one attached hydrogen (secondary N) is 1. The number of hydrogen-bond acceptors (Lipinski definition) is 4. The monoisotopic (exact) mass is 314 g/mol. The van der Waals surface area contributed by atoms with Crippen LogP contribution in [0.1, 0.15) is 13.3 Å². The molecule has 1 atom stereocenters. The molecule has 1 aromatic rings. The van der Waals surface area contributed by atoms with Gasteiger partial charge in [0.25, 0.3) is 5.91 Å². The summed E-state index contributed by atoms with van der Waals surface area (Å²) in [6.07, 6.45) is 1.98. The normalized spacial score (nSPS) is 11.1. The maximum absolute atomic E-state index is 11.9. The number of rotatable bonds is 9. The van der Waals surface area contributed by atoms with Gasteiger partial charge in [0.05, 0.1) is 6.61 Å². The van der Waals surface area contributed by atoms with Gasteiger partial charge in [0.2, 0.25) is 0 Å².